The number of nitrogens with one attached hydrogen (secondary N) is 4. The van der Waals surface area contributed by atoms with Gasteiger partial charge in [0.2, 0.25) is 0 Å². The molecular formula is C35H47BrFN9O3Si. The van der Waals surface area contributed by atoms with E-state index in [4.69, 9.17) is 4.74 Å². The third-order valence-corrected chi connectivity index (χ3v) is 9.08. The van der Waals surface area contributed by atoms with Gasteiger partial charge in [-0.3, -0.25) is 9.59 Å². The number of carbonyl (C=O) groups is 2. The summed E-state index contributed by atoms with van der Waals surface area (Å²) in [5.74, 6) is -0.418. The van der Waals surface area contributed by atoms with Crippen LogP contribution >= 0.6 is 15.9 Å². The second kappa shape index (κ2) is 15.4. The zero-order valence-electron chi connectivity index (χ0n) is 30.4. The van der Waals surface area contributed by atoms with E-state index in [9.17, 15) is 14.0 Å². The minimum Gasteiger partial charge on any atom is -0.361 e. The number of hydrogen-bond acceptors (Lipinski definition) is 8. The molecule has 0 aliphatic carbocycles. The van der Waals surface area contributed by atoms with Gasteiger partial charge in [0.05, 0.1) is 29.2 Å². The van der Waals surface area contributed by atoms with Crippen LogP contribution in [0.1, 0.15) is 67.8 Å². The number of aryl methyl sites for hydroxylation is 1. The Morgan fingerprint density at radius 1 is 0.960 bits per heavy atom. The van der Waals surface area contributed by atoms with Crippen molar-refractivity contribution in [3.05, 3.63) is 70.1 Å². The van der Waals surface area contributed by atoms with Crippen molar-refractivity contribution in [1.82, 2.24) is 40.1 Å². The van der Waals surface area contributed by atoms with Crippen LogP contribution in [0.2, 0.25) is 25.7 Å². The summed E-state index contributed by atoms with van der Waals surface area (Å²) in [6.45, 7) is 21.4. The van der Waals surface area contributed by atoms with E-state index in [-0.39, 0.29) is 28.7 Å². The van der Waals surface area contributed by atoms with E-state index >= 15 is 0 Å². The molecule has 0 aliphatic rings. The summed E-state index contributed by atoms with van der Waals surface area (Å²) in [6.07, 6.45) is 6.46. The van der Waals surface area contributed by atoms with Gasteiger partial charge in [-0.15, -0.1) is 0 Å². The summed E-state index contributed by atoms with van der Waals surface area (Å²) in [6, 6.07) is 5.98. The normalized spacial score (nSPS) is 12.1. The van der Waals surface area contributed by atoms with Gasteiger partial charge in [-0.1, -0.05) is 25.7 Å². The van der Waals surface area contributed by atoms with E-state index in [0.717, 1.165) is 11.6 Å². The summed E-state index contributed by atoms with van der Waals surface area (Å²) < 4.78 is 22.3. The van der Waals surface area contributed by atoms with Crippen LogP contribution < -0.4 is 16.0 Å². The van der Waals surface area contributed by atoms with Crippen LogP contribution in [0.4, 0.5) is 15.9 Å². The molecule has 5 aromatic rings. The largest absolute Gasteiger partial charge is 0.361 e. The van der Waals surface area contributed by atoms with Crippen molar-refractivity contribution in [3.8, 4) is 0 Å². The van der Waals surface area contributed by atoms with Gasteiger partial charge in [0.1, 0.15) is 34.0 Å². The number of rotatable bonds is 9. The number of aromatic amines is 1. The molecule has 0 aliphatic heterocycles. The van der Waals surface area contributed by atoms with E-state index in [1.807, 2.05) is 53.0 Å². The Morgan fingerprint density at radius 3 is 2.24 bits per heavy atom. The van der Waals surface area contributed by atoms with Gasteiger partial charge in [-0.25, -0.2) is 24.3 Å². The van der Waals surface area contributed by atoms with E-state index in [2.05, 4.69) is 76.4 Å². The van der Waals surface area contributed by atoms with Gasteiger partial charge in [0.15, 0.2) is 11.3 Å². The van der Waals surface area contributed by atoms with Crippen LogP contribution in [0.25, 0.3) is 22.3 Å². The number of amides is 2. The third-order valence-electron chi connectivity index (χ3n) is 7.00. The summed E-state index contributed by atoms with van der Waals surface area (Å²) in [5, 5.41) is 8.77. The number of carbonyl (C=O) groups excluding carboxylic acids is 2. The number of hydrogen-bond donors (Lipinski definition) is 4. The summed E-state index contributed by atoms with van der Waals surface area (Å²) >= 11 is 3.33. The van der Waals surface area contributed by atoms with E-state index in [1.165, 1.54) is 12.3 Å². The van der Waals surface area contributed by atoms with Crippen molar-refractivity contribution < 1.29 is 18.7 Å². The number of ether oxygens (including phenoxy) is 1. The molecule has 0 saturated heterocycles. The van der Waals surface area contributed by atoms with Crippen LogP contribution in [-0.2, 0) is 11.5 Å². The quantitative estimate of drug-likeness (QED) is 0.0880. The molecule has 0 atom stereocenters. The first-order chi connectivity index (χ1) is 23.2. The smallest absolute Gasteiger partial charge is 0.255 e. The first kappa shape index (κ1) is 38.6. The molecular weight excluding hydrogens is 721 g/mol. The minimum absolute atomic E-state index is 0.161. The summed E-state index contributed by atoms with van der Waals surface area (Å²) in [4.78, 5) is 45.5. The molecule has 2 amide bonds. The topological polar surface area (TPSA) is 152 Å². The van der Waals surface area contributed by atoms with Gasteiger partial charge in [-0.2, -0.15) is 0 Å². The second-order valence-corrected chi connectivity index (χ2v) is 21.8. The number of aromatic nitrogens is 6. The maximum atomic E-state index is 14.0. The zero-order valence-corrected chi connectivity index (χ0v) is 33.0. The van der Waals surface area contributed by atoms with Crippen molar-refractivity contribution in [2.24, 2.45) is 0 Å². The SMILES string of the molecule is CC(C)(C)NC(=O)c1cn(COCC[Si](C)(C)C)c2ncc(Br)nc12.Cc1ccc(Nc2cnc3[nH]cc(C(=O)NC(C)(C)C)c3n2)c(F)c1. The van der Waals surface area contributed by atoms with Gasteiger partial charge in [-0.05, 0) is 88.1 Å². The average molecular weight is 769 g/mol. The molecule has 4 heterocycles. The summed E-state index contributed by atoms with van der Waals surface area (Å²) in [5.41, 5.74) is 3.49. The highest BCUT2D eigenvalue weighted by molar-refractivity contribution is 9.10. The lowest BCUT2D eigenvalue weighted by Crippen LogP contribution is -2.40. The van der Waals surface area contributed by atoms with Crippen molar-refractivity contribution in [3.63, 3.8) is 0 Å². The molecule has 12 nitrogen and oxygen atoms in total. The number of anilines is 2. The van der Waals surface area contributed by atoms with E-state index in [0.29, 0.717) is 62.9 Å². The molecule has 0 unspecified atom stereocenters. The fourth-order valence-corrected chi connectivity index (χ4v) is 5.67. The minimum atomic E-state index is -1.13. The Morgan fingerprint density at radius 2 is 1.62 bits per heavy atom. The molecule has 0 radical (unpaired) electrons. The monoisotopic (exact) mass is 767 g/mol. The first-order valence-corrected chi connectivity index (χ1v) is 20.8. The number of benzene rings is 1. The van der Waals surface area contributed by atoms with Crippen LogP contribution in [-0.4, -0.2) is 67.1 Å². The first-order valence-electron chi connectivity index (χ1n) is 16.3. The van der Waals surface area contributed by atoms with Crippen molar-refractivity contribution >= 4 is 69.7 Å². The Bertz CT molecular complexity index is 1990. The Balaban J connectivity index is 0.000000225. The Hall–Kier alpha value is -4.21. The standard InChI is InChI=1S/C18H20FN5O.C17H27BrN4O2Si/c1-10-5-6-13(12(19)7-10)22-14-9-21-16-15(23-14)11(8-20-16)17(25)24-18(2,3)4;1-17(2,3)21-16(23)12-10-22(11-24-7-8-25(4,5)6)15-14(12)20-13(18)9-19-15/h5-9H,1-4H3,(H,20,21)(H,22,23)(H,24,25);9-10H,7-8,11H2,1-6H3,(H,21,23). The number of halogens is 2. The average Bonchev–Trinajstić information content (AvgIpc) is 3.56. The molecule has 15 heteroatoms. The molecule has 5 rings (SSSR count). The van der Waals surface area contributed by atoms with E-state index in [1.54, 1.807) is 30.7 Å². The van der Waals surface area contributed by atoms with Crippen molar-refractivity contribution in [2.45, 2.75) is 92.0 Å². The van der Waals surface area contributed by atoms with Gasteiger partial charge in [0, 0.05) is 38.2 Å². The van der Waals surface area contributed by atoms with Gasteiger partial charge in [0.25, 0.3) is 11.8 Å². The molecule has 0 bridgehead atoms. The highest BCUT2D eigenvalue weighted by Gasteiger charge is 2.23. The molecule has 4 N–H and O–H groups in total. The Kier molecular flexibility index (Phi) is 11.8. The summed E-state index contributed by atoms with van der Waals surface area (Å²) in [7, 11) is -1.13. The maximum Gasteiger partial charge on any atom is 0.255 e. The predicted molar refractivity (Wildman–Crippen MR) is 202 cm³/mol. The molecule has 0 spiro atoms. The van der Waals surface area contributed by atoms with Gasteiger partial charge < -0.3 is 30.2 Å². The fraction of sp³-hybridized carbons (Fsp3) is 0.429. The van der Waals surface area contributed by atoms with Crippen LogP contribution in [0.3, 0.4) is 0 Å². The van der Waals surface area contributed by atoms with Gasteiger partial charge >= 0.3 is 0 Å². The van der Waals surface area contributed by atoms with Crippen LogP contribution in [0.15, 0.2) is 47.6 Å². The highest BCUT2D eigenvalue weighted by Crippen LogP contribution is 2.23. The maximum absolute atomic E-state index is 14.0. The molecule has 4 aromatic heterocycles. The lowest BCUT2D eigenvalue weighted by Gasteiger charge is -2.20. The Labute approximate surface area is 301 Å². The third kappa shape index (κ3) is 10.9. The molecule has 50 heavy (non-hydrogen) atoms. The zero-order chi connectivity index (χ0) is 37.0. The lowest BCUT2D eigenvalue weighted by molar-refractivity contribution is 0.0884. The van der Waals surface area contributed by atoms with E-state index < -0.39 is 8.07 Å². The predicted octanol–water partition coefficient (Wildman–Crippen LogP) is 7.71. The molecule has 268 valence electrons. The molecule has 0 fully saturated rings. The lowest BCUT2D eigenvalue weighted by atomic mass is 10.1. The van der Waals surface area contributed by atoms with Crippen molar-refractivity contribution in [1.29, 1.82) is 0 Å². The molecule has 1 aromatic carbocycles. The highest BCUT2D eigenvalue weighted by atomic mass is 79.9. The van der Waals surface area contributed by atoms with Crippen LogP contribution in [0, 0.1) is 12.7 Å². The molecule has 0 saturated carbocycles. The number of fused-ring (bicyclic) bond motifs is 2. The number of nitrogens with zero attached hydrogens (tertiary/aromatic N) is 5. The fourth-order valence-electron chi connectivity index (χ4n) is 4.64. The number of H-pyrrole nitrogens is 1. The van der Waals surface area contributed by atoms with Crippen LogP contribution in [0.5, 0.6) is 0 Å². The van der Waals surface area contributed by atoms with Crippen molar-refractivity contribution in [2.75, 3.05) is 11.9 Å². The second-order valence-electron chi connectivity index (χ2n) is 15.4.